The summed E-state index contributed by atoms with van der Waals surface area (Å²) in [7, 11) is 1.65. The molecule has 0 atom stereocenters. The summed E-state index contributed by atoms with van der Waals surface area (Å²) in [5.74, 6) is 0.834. The standard InChI is InChI=1S/C15H22N2O3/c1-19-14-5-3-2-4-12(14)10-17(13-6-7-13)15(18)11-20-9-8-16/h2-5,13H,6-11,16H2,1H3. The Balaban J connectivity index is 2.00. The second kappa shape index (κ2) is 7.26. The topological polar surface area (TPSA) is 64.8 Å². The number of ether oxygens (including phenoxy) is 2. The monoisotopic (exact) mass is 278 g/mol. The van der Waals surface area contributed by atoms with Crippen LogP contribution in [-0.4, -0.2) is 43.7 Å². The smallest absolute Gasteiger partial charge is 0.249 e. The van der Waals surface area contributed by atoms with Gasteiger partial charge in [-0.1, -0.05) is 18.2 Å². The van der Waals surface area contributed by atoms with E-state index >= 15 is 0 Å². The molecule has 0 saturated heterocycles. The molecule has 0 radical (unpaired) electrons. The Morgan fingerprint density at radius 3 is 2.80 bits per heavy atom. The van der Waals surface area contributed by atoms with Crippen LogP contribution in [0.3, 0.4) is 0 Å². The van der Waals surface area contributed by atoms with Crippen LogP contribution in [0.15, 0.2) is 24.3 Å². The summed E-state index contributed by atoms with van der Waals surface area (Å²) in [6.07, 6.45) is 2.13. The van der Waals surface area contributed by atoms with Crippen LogP contribution < -0.4 is 10.5 Å². The van der Waals surface area contributed by atoms with Gasteiger partial charge in [0, 0.05) is 24.7 Å². The van der Waals surface area contributed by atoms with Crippen LogP contribution in [0.4, 0.5) is 0 Å². The Morgan fingerprint density at radius 1 is 1.40 bits per heavy atom. The predicted octanol–water partition coefficient (Wildman–Crippen LogP) is 1.16. The van der Waals surface area contributed by atoms with Gasteiger partial charge >= 0.3 is 0 Å². The Labute approximate surface area is 119 Å². The number of carbonyl (C=O) groups excluding carboxylic acids is 1. The minimum Gasteiger partial charge on any atom is -0.496 e. The van der Waals surface area contributed by atoms with Crippen molar-refractivity contribution in [1.29, 1.82) is 0 Å². The average Bonchev–Trinajstić information content (AvgIpc) is 3.29. The van der Waals surface area contributed by atoms with Crippen molar-refractivity contribution >= 4 is 5.91 Å². The number of rotatable bonds is 8. The minimum absolute atomic E-state index is 0.0202. The summed E-state index contributed by atoms with van der Waals surface area (Å²) in [6.45, 7) is 1.52. The average molecular weight is 278 g/mol. The summed E-state index contributed by atoms with van der Waals surface area (Å²) >= 11 is 0. The number of hydrogen-bond acceptors (Lipinski definition) is 4. The van der Waals surface area contributed by atoms with Gasteiger partial charge in [0.25, 0.3) is 0 Å². The van der Waals surface area contributed by atoms with Crippen molar-refractivity contribution in [2.24, 2.45) is 5.73 Å². The lowest BCUT2D eigenvalue weighted by Crippen LogP contribution is -2.36. The first-order valence-corrected chi connectivity index (χ1v) is 6.95. The van der Waals surface area contributed by atoms with E-state index in [0.717, 1.165) is 24.2 Å². The van der Waals surface area contributed by atoms with Crippen LogP contribution in [0.1, 0.15) is 18.4 Å². The van der Waals surface area contributed by atoms with Crippen molar-refractivity contribution in [3.05, 3.63) is 29.8 Å². The van der Waals surface area contributed by atoms with Crippen molar-refractivity contribution in [3.8, 4) is 5.75 Å². The molecule has 5 heteroatoms. The number of carbonyl (C=O) groups is 1. The Bertz CT molecular complexity index is 446. The van der Waals surface area contributed by atoms with Gasteiger partial charge in [-0.3, -0.25) is 4.79 Å². The van der Waals surface area contributed by atoms with Crippen LogP contribution in [0, 0.1) is 0 Å². The van der Waals surface area contributed by atoms with Gasteiger partial charge in [-0.15, -0.1) is 0 Å². The van der Waals surface area contributed by atoms with E-state index in [1.807, 2.05) is 29.2 Å². The molecule has 2 rings (SSSR count). The highest BCUT2D eigenvalue weighted by Gasteiger charge is 2.32. The van der Waals surface area contributed by atoms with E-state index in [1.165, 1.54) is 0 Å². The molecule has 0 heterocycles. The van der Waals surface area contributed by atoms with Gasteiger partial charge < -0.3 is 20.1 Å². The summed E-state index contributed by atoms with van der Waals surface area (Å²) in [5.41, 5.74) is 6.38. The van der Waals surface area contributed by atoms with Crippen LogP contribution >= 0.6 is 0 Å². The highest BCUT2D eigenvalue weighted by molar-refractivity contribution is 5.78. The lowest BCUT2D eigenvalue weighted by atomic mass is 10.2. The number of methoxy groups -OCH3 is 1. The van der Waals surface area contributed by atoms with Gasteiger partial charge in [0.05, 0.1) is 13.7 Å². The van der Waals surface area contributed by atoms with Crippen molar-refractivity contribution in [2.75, 3.05) is 26.9 Å². The normalized spacial score (nSPS) is 14.1. The van der Waals surface area contributed by atoms with E-state index in [2.05, 4.69) is 0 Å². The van der Waals surface area contributed by atoms with Crippen LogP contribution in [0.25, 0.3) is 0 Å². The second-order valence-corrected chi connectivity index (χ2v) is 4.91. The van der Waals surface area contributed by atoms with E-state index < -0.39 is 0 Å². The van der Waals surface area contributed by atoms with Gasteiger partial charge in [-0.25, -0.2) is 0 Å². The fourth-order valence-corrected chi connectivity index (χ4v) is 2.15. The fraction of sp³-hybridized carbons (Fsp3) is 0.533. The first-order chi connectivity index (χ1) is 9.76. The Hall–Kier alpha value is -1.59. The van der Waals surface area contributed by atoms with Crippen molar-refractivity contribution < 1.29 is 14.3 Å². The van der Waals surface area contributed by atoms with E-state index in [4.69, 9.17) is 15.2 Å². The fourth-order valence-electron chi connectivity index (χ4n) is 2.15. The number of para-hydroxylation sites is 1. The number of hydrogen-bond donors (Lipinski definition) is 1. The largest absolute Gasteiger partial charge is 0.496 e. The van der Waals surface area contributed by atoms with Gasteiger partial charge in [0.15, 0.2) is 0 Å². The zero-order valence-electron chi connectivity index (χ0n) is 11.9. The molecule has 20 heavy (non-hydrogen) atoms. The quantitative estimate of drug-likeness (QED) is 0.725. The zero-order chi connectivity index (χ0) is 14.4. The SMILES string of the molecule is COc1ccccc1CN(C(=O)COCCN)C1CC1. The molecule has 1 saturated carbocycles. The zero-order valence-corrected chi connectivity index (χ0v) is 11.9. The van der Waals surface area contributed by atoms with Crippen molar-refractivity contribution in [1.82, 2.24) is 4.90 Å². The summed E-state index contributed by atoms with van der Waals surface area (Å²) in [4.78, 5) is 14.1. The Kier molecular flexibility index (Phi) is 5.38. The maximum Gasteiger partial charge on any atom is 0.249 e. The molecular formula is C15H22N2O3. The molecule has 110 valence electrons. The van der Waals surface area contributed by atoms with E-state index in [1.54, 1.807) is 7.11 Å². The number of nitrogens with zero attached hydrogens (tertiary/aromatic N) is 1. The maximum absolute atomic E-state index is 12.2. The van der Waals surface area contributed by atoms with Crippen molar-refractivity contribution in [3.63, 3.8) is 0 Å². The molecule has 1 amide bonds. The van der Waals surface area contributed by atoms with Gasteiger partial charge in [0.2, 0.25) is 5.91 Å². The molecule has 1 aromatic carbocycles. The molecule has 1 aliphatic rings. The third kappa shape index (κ3) is 3.95. The molecule has 1 aliphatic carbocycles. The van der Waals surface area contributed by atoms with Crippen LogP contribution in [-0.2, 0) is 16.1 Å². The third-order valence-electron chi connectivity index (χ3n) is 3.33. The molecular weight excluding hydrogens is 256 g/mol. The molecule has 0 bridgehead atoms. The third-order valence-corrected chi connectivity index (χ3v) is 3.33. The summed E-state index contributed by atoms with van der Waals surface area (Å²) < 4.78 is 10.6. The number of nitrogens with two attached hydrogens (primary N) is 1. The maximum atomic E-state index is 12.2. The van der Waals surface area contributed by atoms with Crippen LogP contribution in [0.5, 0.6) is 5.75 Å². The van der Waals surface area contributed by atoms with E-state index in [0.29, 0.717) is 25.7 Å². The number of benzene rings is 1. The molecule has 1 fully saturated rings. The first kappa shape index (κ1) is 14.8. The number of amides is 1. The second-order valence-electron chi connectivity index (χ2n) is 4.91. The van der Waals surface area contributed by atoms with E-state index in [-0.39, 0.29) is 12.5 Å². The highest BCUT2D eigenvalue weighted by atomic mass is 16.5. The molecule has 0 unspecified atom stereocenters. The lowest BCUT2D eigenvalue weighted by molar-refractivity contribution is -0.137. The van der Waals surface area contributed by atoms with E-state index in [9.17, 15) is 4.79 Å². The van der Waals surface area contributed by atoms with Gasteiger partial charge in [-0.05, 0) is 18.9 Å². The van der Waals surface area contributed by atoms with Crippen molar-refractivity contribution in [2.45, 2.75) is 25.4 Å². The minimum atomic E-state index is 0.0202. The highest BCUT2D eigenvalue weighted by Crippen LogP contribution is 2.30. The van der Waals surface area contributed by atoms with Gasteiger partial charge in [0.1, 0.15) is 12.4 Å². The molecule has 5 nitrogen and oxygen atoms in total. The first-order valence-electron chi connectivity index (χ1n) is 6.95. The molecule has 2 N–H and O–H groups in total. The molecule has 0 spiro atoms. The summed E-state index contributed by atoms with van der Waals surface area (Å²) in [5, 5.41) is 0. The van der Waals surface area contributed by atoms with Gasteiger partial charge in [-0.2, -0.15) is 0 Å². The lowest BCUT2D eigenvalue weighted by Gasteiger charge is -2.23. The Morgan fingerprint density at radius 2 is 2.15 bits per heavy atom. The molecule has 0 aromatic heterocycles. The predicted molar refractivity (Wildman–Crippen MR) is 76.4 cm³/mol. The summed E-state index contributed by atoms with van der Waals surface area (Å²) in [6, 6.07) is 8.13. The van der Waals surface area contributed by atoms with Crippen LogP contribution in [0.2, 0.25) is 0 Å². The molecule has 1 aromatic rings. The molecule has 0 aliphatic heterocycles.